The average Bonchev–Trinajstić information content (AvgIpc) is 2.92. The topological polar surface area (TPSA) is 64.4 Å². The lowest BCUT2D eigenvalue weighted by atomic mass is 10.1. The molecular formula is C14H23N3O3S. The normalized spacial score (nSPS) is 25.9. The fraction of sp³-hybridized carbons (Fsp3) is 0.786. The van der Waals surface area contributed by atoms with E-state index >= 15 is 0 Å². The minimum absolute atomic E-state index is 0.00116. The second kappa shape index (κ2) is 5.70. The predicted molar refractivity (Wildman–Crippen MR) is 79.8 cm³/mol. The summed E-state index contributed by atoms with van der Waals surface area (Å²) in [5.74, 6) is 0.321. The van der Waals surface area contributed by atoms with Crippen molar-refractivity contribution in [1.29, 1.82) is 0 Å². The molecule has 1 aromatic rings. The van der Waals surface area contributed by atoms with Crippen LogP contribution in [0.1, 0.15) is 12.8 Å². The van der Waals surface area contributed by atoms with Gasteiger partial charge >= 0.3 is 0 Å². The minimum atomic E-state index is -2.90. The summed E-state index contributed by atoms with van der Waals surface area (Å²) < 4.78 is 30.8. The monoisotopic (exact) mass is 313 g/mol. The summed E-state index contributed by atoms with van der Waals surface area (Å²) in [6.45, 7) is 4.08. The molecule has 1 atom stereocenters. The molecule has 1 aliphatic heterocycles. The van der Waals surface area contributed by atoms with Gasteiger partial charge in [0.15, 0.2) is 0 Å². The van der Waals surface area contributed by atoms with Crippen LogP contribution in [0.5, 0.6) is 0 Å². The van der Waals surface area contributed by atoms with E-state index in [2.05, 4.69) is 10.00 Å². The Morgan fingerprint density at radius 3 is 2.86 bits per heavy atom. The first-order valence-corrected chi connectivity index (χ1v) is 9.49. The van der Waals surface area contributed by atoms with Gasteiger partial charge in [-0.05, 0) is 24.3 Å². The number of hydrogen-bond donors (Lipinski definition) is 0. The summed E-state index contributed by atoms with van der Waals surface area (Å²) in [7, 11) is -2.90. The highest BCUT2D eigenvalue weighted by Gasteiger charge is 2.46. The van der Waals surface area contributed by atoms with Crippen molar-refractivity contribution in [2.24, 2.45) is 5.41 Å². The Morgan fingerprint density at radius 2 is 2.24 bits per heavy atom. The van der Waals surface area contributed by atoms with Crippen molar-refractivity contribution >= 4 is 9.84 Å². The van der Waals surface area contributed by atoms with Crippen molar-refractivity contribution in [3.05, 3.63) is 18.5 Å². The van der Waals surface area contributed by atoms with Gasteiger partial charge in [0.2, 0.25) is 0 Å². The Bertz CT molecular complexity index is 566. The molecule has 0 aromatic carbocycles. The van der Waals surface area contributed by atoms with Crippen molar-refractivity contribution in [3.63, 3.8) is 0 Å². The lowest BCUT2D eigenvalue weighted by Gasteiger charge is -2.35. The maximum absolute atomic E-state index is 11.5. The molecule has 3 rings (SSSR count). The zero-order chi connectivity index (χ0) is 14.9. The first-order valence-electron chi connectivity index (χ1n) is 7.43. The SMILES string of the molecule is CS(=O)(=O)CC1(CN2CCOC(Cn3cccn3)C2)CC1. The third-order valence-electron chi connectivity index (χ3n) is 4.26. The van der Waals surface area contributed by atoms with Gasteiger partial charge in [-0.15, -0.1) is 0 Å². The zero-order valence-corrected chi connectivity index (χ0v) is 13.3. The quantitative estimate of drug-likeness (QED) is 0.761. The fourth-order valence-electron chi connectivity index (χ4n) is 3.21. The smallest absolute Gasteiger partial charge is 0.148 e. The van der Waals surface area contributed by atoms with Gasteiger partial charge in [-0.2, -0.15) is 5.10 Å². The molecule has 2 fully saturated rings. The van der Waals surface area contributed by atoms with E-state index in [9.17, 15) is 8.42 Å². The largest absolute Gasteiger partial charge is 0.374 e. The molecule has 6 nitrogen and oxygen atoms in total. The molecule has 7 heteroatoms. The summed E-state index contributed by atoms with van der Waals surface area (Å²) >= 11 is 0. The summed E-state index contributed by atoms with van der Waals surface area (Å²) in [6, 6.07) is 1.91. The van der Waals surface area contributed by atoms with E-state index < -0.39 is 9.84 Å². The van der Waals surface area contributed by atoms with Gasteiger partial charge in [-0.3, -0.25) is 9.58 Å². The van der Waals surface area contributed by atoms with Crippen LogP contribution in [-0.4, -0.2) is 67.5 Å². The van der Waals surface area contributed by atoms with Gasteiger partial charge in [0.05, 0.1) is 25.0 Å². The molecule has 0 amide bonds. The number of aromatic nitrogens is 2. The molecular weight excluding hydrogens is 290 g/mol. The molecule has 1 unspecified atom stereocenters. The maximum Gasteiger partial charge on any atom is 0.148 e. The Balaban J connectivity index is 1.54. The number of hydrogen-bond acceptors (Lipinski definition) is 5. The first-order chi connectivity index (χ1) is 9.94. The van der Waals surface area contributed by atoms with Crippen LogP contribution in [0, 0.1) is 5.41 Å². The Hall–Kier alpha value is -0.920. The lowest BCUT2D eigenvalue weighted by Crippen LogP contribution is -2.47. The van der Waals surface area contributed by atoms with Crippen molar-refractivity contribution in [2.45, 2.75) is 25.5 Å². The van der Waals surface area contributed by atoms with E-state index in [0.29, 0.717) is 12.4 Å². The van der Waals surface area contributed by atoms with Gasteiger partial charge in [-0.1, -0.05) is 0 Å². The van der Waals surface area contributed by atoms with E-state index in [1.54, 1.807) is 6.20 Å². The van der Waals surface area contributed by atoms with Crippen LogP contribution in [-0.2, 0) is 21.1 Å². The van der Waals surface area contributed by atoms with Crippen molar-refractivity contribution in [3.8, 4) is 0 Å². The highest BCUT2D eigenvalue weighted by Crippen LogP contribution is 2.47. The molecule has 1 aliphatic carbocycles. The number of rotatable bonds is 6. The second-order valence-electron chi connectivity index (χ2n) is 6.53. The second-order valence-corrected chi connectivity index (χ2v) is 8.67. The van der Waals surface area contributed by atoms with Crippen LogP contribution in [0.3, 0.4) is 0 Å². The van der Waals surface area contributed by atoms with E-state index in [0.717, 1.165) is 39.0 Å². The molecule has 2 aliphatic rings. The molecule has 1 aromatic heterocycles. The maximum atomic E-state index is 11.5. The van der Waals surface area contributed by atoms with E-state index in [1.807, 2.05) is 16.9 Å². The van der Waals surface area contributed by atoms with Gasteiger partial charge in [-0.25, -0.2) is 8.42 Å². The van der Waals surface area contributed by atoms with Crippen LogP contribution in [0.4, 0.5) is 0 Å². The number of morpholine rings is 1. The van der Waals surface area contributed by atoms with Crippen molar-refractivity contribution in [1.82, 2.24) is 14.7 Å². The molecule has 1 saturated heterocycles. The Labute approximate surface area is 126 Å². The Kier molecular flexibility index (Phi) is 4.07. The third-order valence-corrected chi connectivity index (χ3v) is 5.39. The fourth-order valence-corrected chi connectivity index (χ4v) is 4.70. The number of sulfone groups is 1. The van der Waals surface area contributed by atoms with Crippen molar-refractivity contribution < 1.29 is 13.2 Å². The van der Waals surface area contributed by atoms with Gasteiger partial charge in [0.25, 0.3) is 0 Å². The summed E-state index contributed by atoms with van der Waals surface area (Å²) in [4.78, 5) is 2.36. The van der Waals surface area contributed by atoms with Crippen LogP contribution in [0.25, 0.3) is 0 Å². The zero-order valence-electron chi connectivity index (χ0n) is 12.4. The molecule has 21 heavy (non-hydrogen) atoms. The van der Waals surface area contributed by atoms with E-state index in [4.69, 9.17) is 4.74 Å². The average molecular weight is 313 g/mol. The minimum Gasteiger partial charge on any atom is -0.374 e. The molecule has 0 bridgehead atoms. The standard InChI is InChI=1S/C14H23N3O3S/c1-21(18,19)12-14(3-4-14)11-16-7-8-20-13(9-16)10-17-6-2-5-15-17/h2,5-6,13H,3-4,7-12H2,1H3. The van der Waals surface area contributed by atoms with Crippen LogP contribution in [0.2, 0.25) is 0 Å². The molecule has 1 saturated carbocycles. The molecule has 118 valence electrons. The van der Waals surface area contributed by atoms with Crippen LogP contribution < -0.4 is 0 Å². The third kappa shape index (κ3) is 4.28. The summed E-state index contributed by atoms with van der Waals surface area (Å²) in [5.41, 5.74) is 0.00116. The van der Waals surface area contributed by atoms with E-state index in [1.165, 1.54) is 6.26 Å². The molecule has 0 N–H and O–H groups in total. The highest BCUT2D eigenvalue weighted by atomic mass is 32.2. The number of ether oxygens (including phenoxy) is 1. The summed E-state index contributed by atoms with van der Waals surface area (Å²) in [6.07, 6.45) is 7.24. The van der Waals surface area contributed by atoms with Gasteiger partial charge in [0, 0.05) is 38.3 Å². The Morgan fingerprint density at radius 1 is 1.43 bits per heavy atom. The highest BCUT2D eigenvalue weighted by molar-refractivity contribution is 7.90. The van der Waals surface area contributed by atoms with Crippen LogP contribution in [0.15, 0.2) is 18.5 Å². The summed E-state index contributed by atoms with van der Waals surface area (Å²) in [5, 5.41) is 4.21. The lowest BCUT2D eigenvalue weighted by molar-refractivity contribution is -0.0420. The van der Waals surface area contributed by atoms with Crippen molar-refractivity contribution in [2.75, 3.05) is 38.2 Å². The number of nitrogens with zero attached hydrogens (tertiary/aromatic N) is 3. The molecule has 0 spiro atoms. The van der Waals surface area contributed by atoms with Gasteiger partial charge in [0.1, 0.15) is 9.84 Å². The molecule has 2 heterocycles. The van der Waals surface area contributed by atoms with Gasteiger partial charge < -0.3 is 4.74 Å². The predicted octanol–water partition coefficient (Wildman–Crippen LogP) is 0.409. The van der Waals surface area contributed by atoms with Crippen LogP contribution >= 0.6 is 0 Å². The molecule has 0 radical (unpaired) electrons. The first kappa shape index (κ1) is 15.0. The van der Waals surface area contributed by atoms with E-state index in [-0.39, 0.29) is 11.5 Å².